The molecule has 0 aliphatic carbocycles. The largest absolute Gasteiger partial charge is 0.366 e. The Morgan fingerprint density at radius 3 is 2.59 bits per heavy atom. The summed E-state index contributed by atoms with van der Waals surface area (Å²) in [7, 11) is 0. The van der Waals surface area contributed by atoms with E-state index < -0.39 is 11.8 Å². The van der Waals surface area contributed by atoms with Gasteiger partial charge in [0.2, 0.25) is 5.91 Å². The minimum atomic E-state index is -0.481. The normalized spacial score (nSPS) is 11.4. The predicted octanol–water partition coefficient (Wildman–Crippen LogP) is 3.94. The van der Waals surface area contributed by atoms with Crippen LogP contribution in [0.2, 0.25) is 0 Å². The number of hydrogen-bond acceptors (Lipinski definition) is 3. The third kappa shape index (κ3) is 4.48. The van der Waals surface area contributed by atoms with Gasteiger partial charge >= 0.3 is 0 Å². The summed E-state index contributed by atoms with van der Waals surface area (Å²) < 4.78 is 2.00. The standard InChI is InChI=1S/C27H25N5O2/c1-17-13-21(18(2)32(17)23-9-7-19(8-10-23)26(29)33)14-22(15-28)27(34)30-12-11-20-16-31-25-6-4-3-5-24(20)25/h3-10,13-14,16,31H,11-12H2,1-2H3,(H2,29,33)(H,30,34)/b22-14-. The maximum Gasteiger partial charge on any atom is 0.261 e. The van der Waals surface area contributed by atoms with Gasteiger partial charge in [0.1, 0.15) is 11.6 Å². The van der Waals surface area contributed by atoms with Crippen molar-refractivity contribution in [1.82, 2.24) is 14.9 Å². The Morgan fingerprint density at radius 1 is 1.15 bits per heavy atom. The van der Waals surface area contributed by atoms with Crippen molar-refractivity contribution in [1.29, 1.82) is 5.26 Å². The first kappa shape index (κ1) is 22.6. The minimum Gasteiger partial charge on any atom is -0.366 e. The molecule has 0 saturated carbocycles. The van der Waals surface area contributed by atoms with E-state index in [1.54, 1.807) is 18.2 Å². The Kier molecular flexibility index (Phi) is 6.33. The molecule has 7 nitrogen and oxygen atoms in total. The summed E-state index contributed by atoms with van der Waals surface area (Å²) in [5, 5.41) is 13.6. The van der Waals surface area contributed by atoms with Crippen molar-refractivity contribution in [3.8, 4) is 11.8 Å². The molecule has 0 fully saturated rings. The van der Waals surface area contributed by atoms with E-state index >= 15 is 0 Å². The Labute approximate surface area is 197 Å². The van der Waals surface area contributed by atoms with Crippen molar-refractivity contribution in [3.63, 3.8) is 0 Å². The van der Waals surface area contributed by atoms with E-state index in [4.69, 9.17) is 5.73 Å². The van der Waals surface area contributed by atoms with Gasteiger partial charge in [0.05, 0.1) is 0 Å². The third-order valence-electron chi connectivity index (χ3n) is 5.90. The van der Waals surface area contributed by atoms with Crippen LogP contribution >= 0.6 is 0 Å². The Bertz CT molecular complexity index is 1450. The highest BCUT2D eigenvalue weighted by molar-refractivity contribution is 6.02. The van der Waals surface area contributed by atoms with E-state index in [-0.39, 0.29) is 5.57 Å². The number of nitrogens with one attached hydrogen (secondary N) is 2. The molecular weight excluding hydrogens is 426 g/mol. The highest BCUT2D eigenvalue weighted by Gasteiger charge is 2.14. The van der Waals surface area contributed by atoms with Gasteiger partial charge in [-0.1, -0.05) is 18.2 Å². The lowest BCUT2D eigenvalue weighted by molar-refractivity contribution is -0.117. The van der Waals surface area contributed by atoms with Crippen LogP contribution in [-0.2, 0) is 11.2 Å². The summed E-state index contributed by atoms with van der Waals surface area (Å²) in [6, 6.07) is 18.9. The second-order valence-corrected chi connectivity index (χ2v) is 8.11. The number of nitrogens with two attached hydrogens (primary N) is 1. The topological polar surface area (TPSA) is 117 Å². The molecule has 2 amide bonds. The lowest BCUT2D eigenvalue weighted by Gasteiger charge is -2.10. The van der Waals surface area contributed by atoms with Crippen LogP contribution in [-0.4, -0.2) is 27.9 Å². The number of nitrogens with zero attached hydrogens (tertiary/aromatic N) is 2. The molecule has 4 rings (SSSR count). The lowest BCUT2D eigenvalue weighted by Crippen LogP contribution is -2.26. The number of aromatic nitrogens is 2. The smallest absolute Gasteiger partial charge is 0.261 e. The molecule has 0 unspecified atom stereocenters. The van der Waals surface area contributed by atoms with Crippen molar-refractivity contribution >= 4 is 28.8 Å². The van der Waals surface area contributed by atoms with Gasteiger partial charge in [-0.15, -0.1) is 0 Å². The van der Waals surface area contributed by atoms with Gasteiger partial charge in [-0.25, -0.2) is 0 Å². The molecule has 0 saturated heterocycles. The molecule has 4 N–H and O–H groups in total. The van der Waals surface area contributed by atoms with Crippen LogP contribution in [0.25, 0.3) is 22.7 Å². The van der Waals surface area contributed by atoms with Crippen LogP contribution in [0.3, 0.4) is 0 Å². The molecule has 0 aliphatic heterocycles. The molecule has 2 aromatic heterocycles. The van der Waals surface area contributed by atoms with E-state index in [0.29, 0.717) is 18.5 Å². The van der Waals surface area contributed by atoms with Gasteiger partial charge in [0, 0.05) is 46.3 Å². The average Bonchev–Trinajstić information content (AvgIpc) is 3.37. The number of nitriles is 1. The second-order valence-electron chi connectivity index (χ2n) is 8.11. The molecule has 0 aliphatic rings. The minimum absolute atomic E-state index is 0.0447. The van der Waals surface area contributed by atoms with Gasteiger partial charge < -0.3 is 20.6 Å². The molecular formula is C27H25N5O2. The number of carbonyl (C=O) groups excluding carboxylic acids is 2. The summed E-state index contributed by atoms with van der Waals surface area (Å²) in [5.41, 5.74) is 11.4. The number of rotatable bonds is 7. The van der Waals surface area contributed by atoms with Crippen molar-refractivity contribution in [2.45, 2.75) is 20.3 Å². The molecule has 170 valence electrons. The van der Waals surface area contributed by atoms with Gasteiger partial charge in [0.15, 0.2) is 0 Å². The lowest BCUT2D eigenvalue weighted by atomic mass is 10.1. The molecule has 4 aromatic rings. The van der Waals surface area contributed by atoms with Gasteiger partial charge in [-0.2, -0.15) is 5.26 Å². The van der Waals surface area contributed by atoms with Crippen LogP contribution in [0.4, 0.5) is 0 Å². The first-order valence-electron chi connectivity index (χ1n) is 10.9. The number of aromatic amines is 1. The number of amides is 2. The van der Waals surface area contributed by atoms with E-state index in [1.807, 2.05) is 73.1 Å². The van der Waals surface area contributed by atoms with E-state index in [1.165, 1.54) is 0 Å². The molecule has 34 heavy (non-hydrogen) atoms. The first-order chi connectivity index (χ1) is 16.4. The van der Waals surface area contributed by atoms with Crippen LogP contribution in [0.1, 0.15) is 32.9 Å². The van der Waals surface area contributed by atoms with Crippen molar-refractivity contribution in [3.05, 3.63) is 94.4 Å². The molecule has 7 heteroatoms. The van der Waals surface area contributed by atoms with Crippen LogP contribution in [0, 0.1) is 25.2 Å². The number of primary amides is 1. The predicted molar refractivity (Wildman–Crippen MR) is 132 cm³/mol. The first-order valence-corrected chi connectivity index (χ1v) is 10.9. The summed E-state index contributed by atoms with van der Waals surface area (Å²) >= 11 is 0. The van der Waals surface area contributed by atoms with Crippen molar-refractivity contribution < 1.29 is 9.59 Å². The van der Waals surface area contributed by atoms with Crippen molar-refractivity contribution in [2.24, 2.45) is 5.73 Å². The molecule has 0 atom stereocenters. The summed E-state index contributed by atoms with van der Waals surface area (Å²) in [6.07, 6.45) is 4.21. The van der Waals surface area contributed by atoms with Crippen LogP contribution in [0.5, 0.6) is 0 Å². The zero-order valence-electron chi connectivity index (χ0n) is 19.1. The number of H-pyrrole nitrogens is 1. The van der Waals surface area contributed by atoms with Gasteiger partial charge in [-0.05, 0) is 73.9 Å². The SMILES string of the molecule is Cc1cc(/C=C(/C#N)C(=O)NCCc2c[nH]c3ccccc23)c(C)n1-c1ccc(C(N)=O)cc1. The zero-order chi connectivity index (χ0) is 24.2. The quantitative estimate of drug-likeness (QED) is 0.292. The maximum absolute atomic E-state index is 12.7. The Morgan fingerprint density at radius 2 is 1.88 bits per heavy atom. The van der Waals surface area contributed by atoms with E-state index in [9.17, 15) is 14.9 Å². The van der Waals surface area contributed by atoms with E-state index in [0.717, 1.165) is 39.1 Å². The molecule has 0 spiro atoms. The number of para-hydroxylation sites is 1. The number of hydrogen-bond donors (Lipinski definition) is 3. The van der Waals surface area contributed by atoms with Crippen LogP contribution < -0.4 is 11.1 Å². The molecule has 2 heterocycles. The molecule has 0 bridgehead atoms. The van der Waals surface area contributed by atoms with E-state index in [2.05, 4.69) is 10.3 Å². The van der Waals surface area contributed by atoms with Gasteiger partial charge in [0.25, 0.3) is 5.91 Å². The fourth-order valence-electron chi connectivity index (χ4n) is 4.15. The van der Waals surface area contributed by atoms with Gasteiger partial charge in [-0.3, -0.25) is 9.59 Å². The Hall–Kier alpha value is -4.57. The van der Waals surface area contributed by atoms with Crippen LogP contribution in [0.15, 0.2) is 66.4 Å². The monoisotopic (exact) mass is 451 g/mol. The maximum atomic E-state index is 12.7. The average molecular weight is 452 g/mol. The fraction of sp³-hybridized carbons (Fsp3) is 0.148. The number of carbonyl (C=O) groups is 2. The Balaban J connectivity index is 1.49. The molecule has 0 radical (unpaired) electrons. The number of aryl methyl sites for hydroxylation is 1. The third-order valence-corrected chi connectivity index (χ3v) is 5.90. The zero-order valence-corrected chi connectivity index (χ0v) is 19.1. The number of benzene rings is 2. The highest BCUT2D eigenvalue weighted by Crippen LogP contribution is 2.23. The summed E-state index contributed by atoms with van der Waals surface area (Å²) in [5.74, 6) is -0.886. The number of fused-ring (bicyclic) bond motifs is 1. The highest BCUT2D eigenvalue weighted by atomic mass is 16.2. The summed E-state index contributed by atoms with van der Waals surface area (Å²) in [6.45, 7) is 4.29. The fourth-order valence-corrected chi connectivity index (χ4v) is 4.15. The molecule has 2 aromatic carbocycles. The second kappa shape index (κ2) is 9.51. The van der Waals surface area contributed by atoms with Crippen molar-refractivity contribution in [2.75, 3.05) is 6.54 Å². The summed E-state index contributed by atoms with van der Waals surface area (Å²) in [4.78, 5) is 27.3.